The number of benzene rings is 1. The number of methoxy groups -OCH3 is 1. The van der Waals surface area contributed by atoms with Crippen LogP contribution in [0.5, 0.6) is 5.75 Å². The lowest BCUT2D eigenvalue weighted by atomic mass is 10.1. The molecule has 2 heterocycles. The Morgan fingerprint density at radius 1 is 1.23 bits per heavy atom. The van der Waals surface area contributed by atoms with E-state index in [0.29, 0.717) is 5.75 Å². The molecule has 0 fully saturated rings. The van der Waals surface area contributed by atoms with Gasteiger partial charge in [-0.25, -0.2) is 9.78 Å². The minimum Gasteiger partial charge on any atom is -0.437 e. The van der Waals surface area contributed by atoms with E-state index < -0.39 is 6.16 Å². The van der Waals surface area contributed by atoms with E-state index in [9.17, 15) is 4.79 Å². The molecule has 112 valence electrons. The normalized spacial score (nSPS) is 10.7. The number of carbonyl (C=O) groups excluding carboxylic acids is 1. The number of fused-ring (bicyclic) bond motifs is 1. The number of hydrogen-bond acceptors (Lipinski definition) is 4. The third kappa shape index (κ3) is 2.76. The first-order valence-electron chi connectivity index (χ1n) is 6.58. The fourth-order valence-corrected chi connectivity index (χ4v) is 2.23. The molecule has 3 aromatic rings. The van der Waals surface area contributed by atoms with Crippen molar-refractivity contribution in [1.82, 2.24) is 9.38 Å². The Morgan fingerprint density at radius 3 is 2.77 bits per heavy atom. The molecule has 6 heteroatoms. The molecule has 22 heavy (non-hydrogen) atoms. The van der Waals surface area contributed by atoms with Gasteiger partial charge in [-0.05, 0) is 36.8 Å². The van der Waals surface area contributed by atoms with Gasteiger partial charge in [0.15, 0.2) is 5.75 Å². The third-order valence-electron chi connectivity index (χ3n) is 3.25. The second-order valence-electron chi connectivity index (χ2n) is 4.78. The molecule has 2 aromatic heterocycles. The van der Waals surface area contributed by atoms with Crippen LogP contribution in [0.2, 0.25) is 5.02 Å². The average Bonchev–Trinajstić information content (AvgIpc) is 2.93. The zero-order valence-corrected chi connectivity index (χ0v) is 12.8. The van der Waals surface area contributed by atoms with Crippen LogP contribution in [-0.4, -0.2) is 22.6 Å². The van der Waals surface area contributed by atoms with Gasteiger partial charge in [0.2, 0.25) is 0 Å². The number of carbonyl (C=O) groups is 1. The van der Waals surface area contributed by atoms with Gasteiger partial charge in [-0.2, -0.15) is 0 Å². The van der Waals surface area contributed by atoms with Crippen molar-refractivity contribution in [3.8, 4) is 17.0 Å². The molecule has 0 aliphatic heterocycles. The van der Waals surface area contributed by atoms with Crippen molar-refractivity contribution in [2.75, 3.05) is 7.11 Å². The van der Waals surface area contributed by atoms with E-state index in [0.717, 1.165) is 27.5 Å². The van der Waals surface area contributed by atoms with Gasteiger partial charge in [-0.15, -0.1) is 0 Å². The molecule has 1 aromatic carbocycles. The number of hydrogen-bond donors (Lipinski definition) is 0. The molecule has 0 aliphatic rings. The predicted molar refractivity (Wildman–Crippen MR) is 83.4 cm³/mol. The molecular formula is C16H13ClN2O3. The van der Waals surface area contributed by atoms with Crippen molar-refractivity contribution in [2.45, 2.75) is 6.92 Å². The Bertz CT molecular complexity index is 858. The van der Waals surface area contributed by atoms with Gasteiger partial charge < -0.3 is 13.9 Å². The van der Waals surface area contributed by atoms with E-state index >= 15 is 0 Å². The monoisotopic (exact) mass is 316 g/mol. The summed E-state index contributed by atoms with van der Waals surface area (Å²) in [4.78, 5) is 15.7. The number of halogens is 1. The minimum absolute atomic E-state index is 0.385. The van der Waals surface area contributed by atoms with E-state index in [1.165, 1.54) is 7.11 Å². The van der Waals surface area contributed by atoms with Gasteiger partial charge in [-0.3, -0.25) is 0 Å². The Balaban J connectivity index is 1.98. The lowest BCUT2D eigenvalue weighted by molar-refractivity contribution is 0.121. The van der Waals surface area contributed by atoms with Crippen LogP contribution < -0.4 is 4.74 Å². The molecule has 0 saturated heterocycles. The highest BCUT2D eigenvalue weighted by atomic mass is 35.5. The molecule has 0 atom stereocenters. The molecule has 0 bridgehead atoms. The SMILES string of the molecule is COC(=O)Oc1ccc2nc(-c3ccc(Cl)c(C)c3)cn2c1. The van der Waals surface area contributed by atoms with Gasteiger partial charge in [0, 0.05) is 16.8 Å². The van der Waals surface area contributed by atoms with Crippen LogP contribution in [0.15, 0.2) is 42.7 Å². The van der Waals surface area contributed by atoms with Crippen molar-refractivity contribution in [2.24, 2.45) is 0 Å². The Kier molecular flexibility index (Phi) is 3.73. The summed E-state index contributed by atoms with van der Waals surface area (Å²) in [5, 5.41) is 0.723. The molecule has 0 radical (unpaired) electrons. The number of pyridine rings is 1. The summed E-state index contributed by atoms with van der Waals surface area (Å²) in [5.41, 5.74) is 3.53. The maximum absolute atomic E-state index is 11.1. The summed E-state index contributed by atoms with van der Waals surface area (Å²) in [7, 11) is 1.26. The number of nitrogens with zero attached hydrogens (tertiary/aromatic N) is 2. The van der Waals surface area contributed by atoms with Crippen molar-refractivity contribution < 1.29 is 14.3 Å². The summed E-state index contributed by atoms with van der Waals surface area (Å²) < 4.78 is 11.3. The number of imidazole rings is 1. The fraction of sp³-hybridized carbons (Fsp3) is 0.125. The van der Waals surface area contributed by atoms with E-state index in [-0.39, 0.29) is 0 Å². The first-order valence-corrected chi connectivity index (χ1v) is 6.95. The lowest BCUT2D eigenvalue weighted by Crippen LogP contribution is -2.07. The first kappa shape index (κ1) is 14.4. The third-order valence-corrected chi connectivity index (χ3v) is 3.67. The number of rotatable bonds is 2. The molecule has 0 aliphatic carbocycles. The van der Waals surface area contributed by atoms with Crippen LogP contribution in [0.3, 0.4) is 0 Å². The molecule has 5 nitrogen and oxygen atoms in total. The minimum atomic E-state index is -0.756. The molecule has 0 unspecified atom stereocenters. The van der Waals surface area contributed by atoms with Gasteiger partial charge in [0.25, 0.3) is 0 Å². The van der Waals surface area contributed by atoms with E-state index in [1.54, 1.807) is 22.7 Å². The van der Waals surface area contributed by atoms with Crippen molar-refractivity contribution in [3.05, 3.63) is 53.3 Å². The predicted octanol–water partition coefficient (Wildman–Crippen LogP) is 4.11. The molecular weight excluding hydrogens is 304 g/mol. The highest BCUT2D eigenvalue weighted by molar-refractivity contribution is 6.31. The van der Waals surface area contributed by atoms with Crippen LogP contribution in [0.25, 0.3) is 16.9 Å². The van der Waals surface area contributed by atoms with Crippen LogP contribution in [0.1, 0.15) is 5.56 Å². The van der Waals surface area contributed by atoms with Crippen molar-refractivity contribution >= 4 is 23.4 Å². The van der Waals surface area contributed by atoms with E-state index in [1.807, 2.05) is 31.3 Å². The number of aryl methyl sites for hydroxylation is 1. The van der Waals surface area contributed by atoms with Crippen LogP contribution >= 0.6 is 11.6 Å². The largest absolute Gasteiger partial charge is 0.513 e. The summed E-state index contributed by atoms with van der Waals surface area (Å²) in [6.07, 6.45) is 2.78. The number of ether oxygens (including phenoxy) is 2. The maximum atomic E-state index is 11.1. The smallest absolute Gasteiger partial charge is 0.437 e. The Labute approximate surface area is 132 Å². The second-order valence-corrected chi connectivity index (χ2v) is 5.18. The molecule has 0 N–H and O–H groups in total. The van der Waals surface area contributed by atoms with E-state index in [2.05, 4.69) is 9.72 Å². The molecule has 0 saturated carbocycles. The van der Waals surface area contributed by atoms with Crippen LogP contribution in [0, 0.1) is 6.92 Å². The fourth-order valence-electron chi connectivity index (χ4n) is 2.11. The summed E-state index contributed by atoms with van der Waals surface area (Å²) in [5.74, 6) is 0.385. The quantitative estimate of drug-likeness (QED) is 0.668. The first-order chi connectivity index (χ1) is 10.6. The average molecular weight is 317 g/mol. The zero-order valence-electron chi connectivity index (χ0n) is 12.0. The molecule has 0 spiro atoms. The van der Waals surface area contributed by atoms with Crippen molar-refractivity contribution in [3.63, 3.8) is 0 Å². The molecule has 0 amide bonds. The van der Waals surface area contributed by atoms with Gasteiger partial charge in [0.05, 0.1) is 19.0 Å². The maximum Gasteiger partial charge on any atom is 0.513 e. The topological polar surface area (TPSA) is 52.8 Å². The number of aromatic nitrogens is 2. The standard InChI is InChI=1S/C16H13ClN2O3/c1-10-7-11(3-5-13(10)17)14-9-19-8-12(22-16(20)21-2)4-6-15(19)18-14/h3-9H,1-2H3. The molecule has 3 rings (SSSR count). The van der Waals surface area contributed by atoms with Gasteiger partial charge in [-0.1, -0.05) is 17.7 Å². The summed E-state index contributed by atoms with van der Waals surface area (Å²) in [6.45, 7) is 1.95. The Morgan fingerprint density at radius 2 is 2.05 bits per heavy atom. The van der Waals surface area contributed by atoms with Gasteiger partial charge in [0.1, 0.15) is 5.65 Å². The highest BCUT2D eigenvalue weighted by Crippen LogP contribution is 2.25. The summed E-state index contributed by atoms with van der Waals surface area (Å²) >= 11 is 6.04. The van der Waals surface area contributed by atoms with E-state index in [4.69, 9.17) is 16.3 Å². The highest BCUT2D eigenvalue weighted by Gasteiger charge is 2.08. The van der Waals surface area contributed by atoms with Crippen LogP contribution in [-0.2, 0) is 4.74 Å². The zero-order chi connectivity index (χ0) is 15.7. The van der Waals surface area contributed by atoms with Crippen molar-refractivity contribution in [1.29, 1.82) is 0 Å². The second kappa shape index (κ2) is 5.69. The van der Waals surface area contributed by atoms with Crippen LogP contribution in [0.4, 0.5) is 4.79 Å². The van der Waals surface area contributed by atoms with Gasteiger partial charge >= 0.3 is 6.16 Å². The summed E-state index contributed by atoms with van der Waals surface area (Å²) in [6, 6.07) is 9.18. The lowest BCUT2D eigenvalue weighted by Gasteiger charge is -2.02. The Hall–Kier alpha value is -2.53.